The zero-order valence-electron chi connectivity index (χ0n) is 13.3. The molecule has 0 atom stereocenters. The maximum Gasteiger partial charge on any atom is 0.373 e. The molecule has 0 spiro atoms. The number of aryl methyl sites for hydroxylation is 1. The second-order valence-corrected chi connectivity index (χ2v) is 5.33. The number of nitro groups is 1. The van der Waals surface area contributed by atoms with Gasteiger partial charge in [-0.15, -0.1) is 0 Å². The monoisotopic (exact) mass is 352 g/mol. The molecule has 1 heterocycles. The highest BCUT2D eigenvalue weighted by atomic mass is 35.5. The number of nitrogens with zero attached hydrogens (tertiary/aromatic N) is 4. The first kappa shape index (κ1) is 17.9. The van der Waals surface area contributed by atoms with Crippen LogP contribution in [-0.4, -0.2) is 39.7 Å². The van der Waals surface area contributed by atoms with Gasteiger partial charge in [0.1, 0.15) is 12.1 Å². The smallest absolute Gasteiger partial charge is 0.373 e. The number of hydrogen-bond acceptors (Lipinski definition) is 7. The van der Waals surface area contributed by atoms with Crippen molar-refractivity contribution >= 4 is 23.1 Å². The Morgan fingerprint density at radius 1 is 1.42 bits per heavy atom. The minimum Gasteiger partial charge on any atom is -0.434 e. The number of benzene rings is 1. The predicted octanol–water partition coefficient (Wildman–Crippen LogP) is 2.96. The Kier molecular flexibility index (Phi) is 5.88. The van der Waals surface area contributed by atoms with E-state index in [-0.39, 0.29) is 30.5 Å². The number of halogens is 1. The molecular weight excluding hydrogens is 336 g/mol. The first-order valence-corrected chi connectivity index (χ1v) is 7.64. The van der Waals surface area contributed by atoms with Crippen LogP contribution in [0.1, 0.15) is 12.5 Å². The molecule has 0 aliphatic heterocycles. The van der Waals surface area contributed by atoms with E-state index in [0.717, 1.165) is 5.56 Å². The molecule has 0 bridgehead atoms. The van der Waals surface area contributed by atoms with Crippen LogP contribution in [0.3, 0.4) is 0 Å². The normalized spacial score (nSPS) is 10.5. The molecule has 0 saturated heterocycles. The number of likely N-dealkylation sites (N-methyl/N-ethyl adjacent to an activating group) is 1. The summed E-state index contributed by atoms with van der Waals surface area (Å²) in [5, 5.41) is 21.2. The first-order valence-electron chi connectivity index (χ1n) is 7.27. The Morgan fingerprint density at radius 2 is 2.17 bits per heavy atom. The fourth-order valence-electron chi connectivity index (χ4n) is 2.15. The van der Waals surface area contributed by atoms with E-state index < -0.39 is 4.92 Å². The van der Waals surface area contributed by atoms with E-state index in [0.29, 0.717) is 17.3 Å². The van der Waals surface area contributed by atoms with Crippen LogP contribution in [0.4, 0.5) is 11.5 Å². The van der Waals surface area contributed by atoms with Gasteiger partial charge in [-0.2, -0.15) is 4.98 Å². The molecule has 1 aromatic carbocycles. The molecule has 0 saturated carbocycles. The van der Waals surface area contributed by atoms with Crippen LogP contribution in [0.5, 0.6) is 11.6 Å². The molecular formula is C15H17ClN4O4. The van der Waals surface area contributed by atoms with Crippen molar-refractivity contribution in [2.75, 3.05) is 24.6 Å². The highest BCUT2D eigenvalue weighted by molar-refractivity contribution is 6.31. The van der Waals surface area contributed by atoms with Crippen LogP contribution in [0.15, 0.2) is 24.5 Å². The highest BCUT2D eigenvalue weighted by Crippen LogP contribution is 2.36. The van der Waals surface area contributed by atoms with E-state index in [4.69, 9.17) is 21.4 Å². The largest absolute Gasteiger partial charge is 0.434 e. The third kappa shape index (κ3) is 3.90. The van der Waals surface area contributed by atoms with E-state index >= 15 is 0 Å². The molecule has 2 aromatic rings. The van der Waals surface area contributed by atoms with Gasteiger partial charge < -0.3 is 14.7 Å². The summed E-state index contributed by atoms with van der Waals surface area (Å²) in [5.41, 5.74) is 0.432. The lowest BCUT2D eigenvalue weighted by Crippen LogP contribution is -2.28. The fourth-order valence-corrected chi connectivity index (χ4v) is 2.26. The van der Waals surface area contributed by atoms with Gasteiger partial charge in [0.25, 0.3) is 0 Å². The summed E-state index contributed by atoms with van der Waals surface area (Å²) in [7, 11) is 0. The van der Waals surface area contributed by atoms with Gasteiger partial charge >= 0.3 is 11.6 Å². The van der Waals surface area contributed by atoms with Crippen molar-refractivity contribution in [3.63, 3.8) is 0 Å². The summed E-state index contributed by atoms with van der Waals surface area (Å²) in [6.45, 7) is 4.12. The Labute approximate surface area is 143 Å². The predicted molar refractivity (Wildman–Crippen MR) is 89.9 cm³/mol. The molecule has 1 N–H and O–H groups in total. The van der Waals surface area contributed by atoms with Gasteiger partial charge in [0, 0.05) is 18.1 Å². The molecule has 0 radical (unpaired) electrons. The van der Waals surface area contributed by atoms with Crippen LogP contribution in [-0.2, 0) is 0 Å². The maximum atomic E-state index is 11.5. The van der Waals surface area contributed by atoms with E-state index in [1.165, 1.54) is 6.33 Å². The second-order valence-electron chi connectivity index (χ2n) is 4.92. The van der Waals surface area contributed by atoms with Crippen molar-refractivity contribution in [3.05, 3.63) is 45.2 Å². The first-order chi connectivity index (χ1) is 11.5. The van der Waals surface area contributed by atoms with Crippen molar-refractivity contribution in [1.82, 2.24) is 9.97 Å². The molecule has 0 unspecified atom stereocenters. The summed E-state index contributed by atoms with van der Waals surface area (Å²) < 4.78 is 5.58. The van der Waals surface area contributed by atoms with E-state index in [1.54, 1.807) is 30.0 Å². The lowest BCUT2D eigenvalue weighted by Gasteiger charge is -2.20. The van der Waals surface area contributed by atoms with Crippen LogP contribution >= 0.6 is 11.6 Å². The lowest BCUT2D eigenvalue weighted by atomic mass is 10.2. The minimum absolute atomic E-state index is 0.104. The van der Waals surface area contributed by atoms with Gasteiger partial charge in [-0.3, -0.25) is 10.1 Å². The summed E-state index contributed by atoms with van der Waals surface area (Å²) in [6, 6.07) is 4.91. The Balaban J connectivity index is 2.45. The maximum absolute atomic E-state index is 11.5. The van der Waals surface area contributed by atoms with Crippen LogP contribution in [0.2, 0.25) is 5.02 Å². The van der Waals surface area contributed by atoms with Crippen LogP contribution in [0.25, 0.3) is 0 Å². The third-order valence-electron chi connectivity index (χ3n) is 3.35. The molecule has 8 nitrogen and oxygen atoms in total. The van der Waals surface area contributed by atoms with Crippen molar-refractivity contribution < 1.29 is 14.8 Å². The van der Waals surface area contributed by atoms with Crippen molar-refractivity contribution in [1.29, 1.82) is 0 Å². The Morgan fingerprint density at radius 3 is 2.75 bits per heavy atom. The Bertz CT molecular complexity index is 741. The SMILES string of the molecule is CCN(CCO)c1ncnc(Oc2ccc(Cl)c(C)c2)c1[N+](=O)[O-]. The molecule has 2 rings (SSSR count). The molecule has 0 fully saturated rings. The third-order valence-corrected chi connectivity index (χ3v) is 3.77. The minimum atomic E-state index is -0.590. The summed E-state index contributed by atoms with van der Waals surface area (Å²) in [4.78, 5) is 20.4. The van der Waals surface area contributed by atoms with Crippen molar-refractivity contribution in [3.8, 4) is 11.6 Å². The number of rotatable bonds is 7. The molecule has 0 aliphatic rings. The number of anilines is 1. The van der Waals surface area contributed by atoms with Gasteiger partial charge in [-0.05, 0) is 37.6 Å². The van der Waals surface area contributed by atoms with E-state index in [2.05, 4.69) is 9.97 Å². The number of aromatic nitrogens is 2. The van der Waals surface area contributed by atoms with Gasteiger partial charge in [-0.25, -0.2) is 4.98 Å². The fraction of sp³-hybridized carbons (Fsp3) is 0.333. The lowest BCUT2D eigenvalue weighted by molar-refractivity contribution is -0.385. The van der Waals surface area contributed by atoms with Gasteiger partial charge in [-0.1, -0.05) is 11.6 Å². The summed E-state index contributed by atoms with van der Waals surface area (Å²) >= 11 is 5.97. The number of hydrogen-bond donors (Lipinski definition) is 1. The van der Waals surface area contributed by atoms with E-state index in [1.807, 2.05) is 6.92 Å². The average Bonchev–Trinajstić information content (AvgIpc) is 2.55. The van der Waals surface area contributed by atoms with Crippen LogP contribution in [0, 0.1) is 17.0 Å². The molecule has 24 heavy (non-hydrogen) atoms. The molecule has 1 aromatic heterocycles. The van der Waals surface area contributed by atoms with Crippen LogP contribution < -0.4 is 9.64 Å². The number of aliphatic hydroxyl groups excluding tert-OH is 1. The quantitative estimate of drug-likeness (QED) is 0.603. The molecule has 128 valence electrons. The summed E-state index contributed by atoms with van der Waals surface area (Å²) in [6.07, 6.45) is 1.19. The van der Waals surface area contributed by atoms with Gasteiger partial charge in [0.15, 0.2) is 0 Å². The number of ether oxygens (including phenoxy) is 1. The van der Waals surface area contributed by atoms with E-state index in [9.17, 15) is 10.1 Å². The van der Waals surface area contributed by atoms with Crippen molar-refractivity contribution in [2.45, 2.75) is 13.8 Å². The Hall–Kier alpha value is -2.45. The molecule has 0 aliphatic carbocycles. The van der Waals surface area contributed by atoms with Crippen molar-refractivity contribution in [2.24, 2.45) is 0 Å². The number of aliphatic hydroxyl groups is 1. The second kappa shape index (κ2) is 7.89. The average molecular weight is 353 g/mol. The molecule has 9 heteroatoms. The highest BCUT2D eigenvalue weighted by Gasteiger charge is 2.28. The van der Waals surface area contributed by atoms with Gasteiger partial charge in [0.2, 0.25) is 5.82 Å². The zero-order valence-corrected chi connectivity index (χ0v) is 14.0. The van der Waals surface area contributed by atoms with Gasteiger partial charge in [0.05, 0.1) is 11.5 Å². The zero-order chi connectivity index (χ0) is 17.7. The molecule has 0 amide bonds. The topological polar surface area (TPSA) is 102 Å². The standard InChI is InChI=1S/C15H17ClN4O4/c1-3-19(6-7-21)14-13(20(22)23)15(18-9-17-14)24-11-4-5-12(16)10(2)8-11/h4-5,8-9,21H,3,6-7H2,1-2H3. The summed E-state index contributed by atoms with van der Waals surface area (Å²) in [5.74, 6) is 0.324.